The first-order valence-electron chi connectivity index (χ1n) is 11.6. The van der Waals surface area contributed by atoms with E-state index in [0.29, 0.717) is 34.8 Å². The van der Waals surface area contributed by atoms with Crippen LogP contribution < -0.4 is 5.73 Å². The molecule has 4 aromatic rings. The van der Waals surface area contributed by atoms with Crippen LogP contribution >= 0.6 is 0 Å². The molecule has 0 spiro atoms. The van der Waals surface area contributed by atoms with Crippen molar-refractivity contribution in [3.05, 3.63) is 65.5 Å². The molecule has 6 nitrogen and oxygen atoms in total. The van der Waals surface area contributed by atoms with E-state index in [2.05, 4.69) is 29.6 Å². The molecule has 0 atom stereocenters. The summed E-state index contributed by atoms with van der Waals surface area (Å²) in [5.41, 5.74) is 8.66. The number of hydrogen-bond donors (Lipinski definition) is 2. The second-order valence-electron chi connectivity index (χ2n) is 10.1. The van der Waals surface area contributed by atoms with Gasteiger partial charge in [-0.05, 0) is 48.9 Å². The summed E-state index contributed by atoms with van der Waals surface area (Å²) in [5.74, 6) is -0.675. The number of carbonyl (C=O) groups excluding carboxylic acids is 1. The first-order chi connectivity index (χ1) is 16.9. The minimum absolute atomic E-state index is 0.108. The monoisotopic (exact) mass is 514 g/mol. The minimum atomic E-state index is -4.47. The van der Waals surface area contributed by atoms with Crippen LogP contribution in [0.25, 0.3) is 33.5 Å². The quantitative estimate of drug-likeness (QED) is 0.210. The van der Waals surface area contributed by atoms with E-state index in [0.717, 1.165) is 29.1 Å². The number of aryl methyl sites for hydroxylation is 1. The number of hydrogen-bond acceptors (Lipinski definition) is 3. The number of halogens is 3. The zero-order valence-electron chi connectivity index (χ0n) is 20.7. The predicted octanol–water partition coefficient (Wildman–Crippen LogP) is 6.44. The predicted molar refractivity (Wildman–Crippen MR) is 137 cm³/mol. The molecule has 0 radical (unpaired) electrons. The first-order valence-corrected chi connectivity index (χ1v) is 15.3. The van der Waals surface area contributed by atoms with Gasteiger partial charge in [0.1, 0.15) is 12.4 Å². The molecule has 36 heavy (non-hydrogen) atoms. The summed E-state index contributed by atoms with van der Waals surface area (Å²) in [4.78, 5) is 20.0. The second kappa shape index (κ2) is 9.59. The van der Waals surface area contributed by atoms with Gasteiger partial charge in [-0.15, -0.1) is 0 Å². The number of alkyl halides is 3. The van der Waals surface area contributed by atoms with E-state index < -0.39 is 25.7 Å². The molecule has 3 N–H and O–H groups in total. The Balaban J connectivity index is 1.91. The van der Waals surface area contributed by atoms with Gasteiger partial charge in [0, 0.05) is 43.6 Å². The molecule has 0 saturated carbocycles. The first kappa shape index (κ1) is 25.7. The van der Waals surface area contributed by atoms with Crippen molar-refractivity contribution < 1.29 is 22.7 Å². The van der Waals surface area contributed by atoms with Crippen LogP contribution in [0.4, 0.5) is 13.2 Å². The molecule has 0 fully saturated rings. The maximum absolute atomic E-state index is 13.3. The molecule has 0 aliphatic heterocycles. The third kappa shape index (κ3) is 5.24. The summed E-state index contributed by atoms with van der Waals surface area (Å²) in [6.45, 7) is 8.98. The summed E-state index contributed by atoms with van der Waals surface area (Å²) >= 11 is 0. The molecule has 3 heterocycles. The Bertz CT molecular complexity index is 1420. The van der Waals surface area contributed by atoms with Gasteiger partial charge >= 0.3 is 6.18 Å². The van der Waals surface area contributed by atoms with Crippen LogP contribution in [0.2, 0.25) is 25.7 Å². The summed E-state index contributed by atoms with van der Waals surface area (Å²) in [6, 6.07) is 9.83. The standard InChI is InChI=1S/C26H29F3N4O2Si/c1-16-13-17(26(27,28)29)5-6-18(16)23-21(24(30)34)14-22(33(23)15-35-11-12-36(2,3)4)19-7-9-31-25-20(19)8-10-32-25/h5-10,13-14H,11-12,15H2,1-4H3,(H2,30,34)(H,31,32). The maximum Gasteiger partial charge on any atom is 0.416 e. The molecule has 0 aliphatic rings. The number of nitrogens with zero attached hydrogens (tertiary/aromatic N) is 2. The Morgan fingerprint density at radius 2 is 1.89 bits per heavy atom. The number of fused-ring (bicyclic) bond motifs is 1. The van der Waals surface area contributed by atoms with E-state index in [1.807, 2.05) is 16.7 Å². The Morgan fingerprint density at radius 1 is 1.14 bits per heavy atom. The van der Waals surface area contributed by atoms with E-state index in [1.54, 1.807) is 25.4 Å². The van der Waals surface area contributed by atoms with Gasteiger partial charge in [0.25, 0.3) is 5.91 Å². The molecule has 3 aromatic heterocycles. The maximum atomic E-state index is 13.3. The molecule has 0 aliphatic carbocycles. The third-order valence-electron chi connectivity index (χ3n) is 6.12. The Hall–Kier alpha value is -3.37. The number of pyridine rings is 1. The average Bonchev–Trinajstić information content (AvgIpc) is 3.40. The van der Waals surface area contributed by atoms with Gasteiger partial charge in [-0.25, -0.2) is 4.98 Å². The molecule has 0 bridgehead atoms. The molecular weight excluding hydrogens is 485 g/mol. The molecule has 0 saturated heterocycles. The van der Waals surface area contributed by atoms with Gasteiger partial charge < -0.3 is 20.0 Å². The average molecular weight is 515 g/mol. The van der Waals surface area contributed by atoms with Gasteiger partial charge in [0.05, 0.1) is 22.5 Å². The number of H-pyrrole nitrogens is 1. The molecule has 10 heteroatoms. The van der Waals surface area contributed by atoms with Crippen LogP contribution in [-0.4, -0.2) is 35.1 Å². The SMILES string of the molecule is Cc1cc(C(F)(F)F)ccc1-c1c(C(N)=O)cc(-c2ccnc3[nH]ccc23)n1COCC[Si](C)(C)C. The molecular formula is C26H29F3N4O2Si. The van der Waals surface area contributed by atoms with E-state index in [-0.39, 0.29) is 12.3 Å². The fourth-order valence-corrected chi connectivity index (χ4v) is 4.97. The van der Waals surface area contributed by atoms with Crippen LogP contribution in [0, 0.1) is 6.92 Å². The molecule has 1 aromatic carbocycles. The Labute approximate surface area is 208 Å². The highest BCUT2D eigenvalue weighted by Gasteiger charge is 2.31. The number of nitrogens with two attached hydrogens (primary N) is 1. The van der Waals surface area contributed by atoms with Gasteiger partial charge in [-0.3, -0.25) is 4.79 Å². The number of nitrogens with one attached hydrogen (secondary N) is 1. The van der Waals surface area contributed by atoms with Crippen molar-refractivity contribution in [2.75, 3.05) is 6.61 Å². The minimum Gasteiger partial charge on any atom is -0.366 e. The largest absolute Gasteiger partial charge is 0.416 e. The van der Waals surface area contributed by atoms with Gasteiger partial charge in [0.2, 0.25) is 0 Å². The van der Waals surface area contributed by atoms with Crippen molar-refractivity contribution >= 4 is 25.0 Å². The normalized spacial score (nSPS) is 12.4. The number of carbonyl (C=O) groups is 1. The van der Waals surface area contributed by atoms with Crippen molar-refractivity contribution in [3.63, 3.8) is 0 Å². The van der Waals surface area contributed by atoms with Crippen LogP contribution in [-0.2, 0) is 17.6 Å². The Morgan fingerprint density at radius 3 is 2.53 bits per heavy atom. The van der Waals surface area contributed by atoms with Crippen molar-refractivity contribution in [1.29, 1.82) is 0 Å². The zero-order valence-corrected chi connectivity index (χ0v) is 21.7. The summed E-state index contributed by atoms with van der Waals surface area (Å²) in [5, 5.41) is 0.838. The third-order valence-corrected chi connectivity index (χ3v) is 7.83. The number of ether oxygens (including phenoxy) is 1. The number of benzene rings is 1. The van der Waals surface area contributed by atoms with Crippen LogP contribution in [0.15, 0.2) is 48.8 Å². The fraction of sp³-hybridized carbons (Fsp3) is 0.308. The molecule has 0 unspecified atom stereocenters. The fourth-order valence-electron chi connectivity index (χ4n) is 4.21. The number of primary amides is 1. The number of amides is 1. The highest BCUT2D eigenvalue weighted by Crippen LogP contribution is 2.39. The summed E-state index contributed by atoms with van der Waals surface area (Å²) < 4.78 is 47.9. The lowest BCUT2D eigenvalue weighted by Gasteiger charge is -2.19. The lowest BCUT2D eigenvalue weighted by atomic mass is 9.99. The van der Waals surface area contributed by atoms with Gasteiger partial charge in [-0.2, -0.15) is 13.2 Å². The Kier molecular flexibility index (Phi) is 6.85. The van der Waals surface area contributed by atoms with E-state index in [9.17, 15) is 18.0 Å². The summed E-state index contributed by atoms with van der Waals surface area (Å²) in [7, 11) is -1.35. The van der Waals surface area contributed by atoms with Gasteiger partial charge in [0.15, 0.2) is 0 Å². The zero-order chi connectivity index (χ0) is 26.3. The van der Waals surface area contributed by atoms with E-state index in [1.165, 1.54) is 6.07 Å². The van der Waals surface area contributed by atoms with E-state index >= 15 is 0 Å². The second-order valence-corrected chi connectivity index (χ2v) is 15.7. The van der Waals surface area contributed by atoms with Crippen molar-refractivity contribution in [2.45, 2.75) is 45.5 Å². The number of aromatic amines is 1. The van der Waals surface area contributed by atoms with Crippen LogP contribution in [0.1, 0.15) is 21.5 Å². The highest BCUT2D eigenvalue weighted by atomic mass is 28.3. The molecule has 4 rings (SSSR count). The number of aromatic nitrogens is 3. The van der Waals surface area contributed by atoms with E-state index in [4.69, 9.17) is 10.5 Å². The van der Waals surface area contributed by atoms with Gasteiger partial charge in [-0.1, -0.05) is 25.7 Å². The highest BCUT2D eigenvalue weighted by molar-refractivity contribution is 6.76. The van der Waals surface area contributed by atoms with Crippen LogP contribution in [0.5, 0.6) is 0 Å². The lowest BCUT2D eigenvalue weighted by molar-refractivity contribution is -0.137. The molecule has 1 amide bonds. The molecule has 190 valence electrons. The lowest BCUT2D eigenvalue weighted by Crippen LogP contribution is -2.22. The summed E-state index contributed by atoms with van der Waals surface area (Å²) in [6.07, 6.45) is -1.04. The smallest absolute Gasteiger partial charge is 0.366 e. The van der Waals surface area contributed by atoms with Crippen molar-refractivity contribution in [3.8, 4) is 22.5 Å². The number of rotatable bonds is 8. The van der Waals surface area contributed by atoms with Crippen LogP contribution in [0.3, 0.4) is 0 Å². The van der Waals surface area contributed by atoms with Crippen molar-refractivity contribution in [1.82, 2.24) is 14.5 Å². The van der Waals surface area contributed by atoms with Crippen molar-refractivity contribution in [2.24, 2.45) is 5.73 Å². The topological polar surface area (TPSA) is 85.9 Å².